The summed E-state index contributed by atoms with van der Waals surface area (Å²) in [5.74, 6) is 0. The summed E-state index contributed by atoms with van der Waals surface area (Å²) in [5, 5.41) is 7.27. The maximum absolute atomic E-state index is 5.93. The van der Waals surface area contributed by atoms with Crippen LogP contribution in [-0.4, -0.2) is 12.1 Å². The quantitative estimate of drug-likeness (QED) is 0.563. The van der Waals surface area contributed by atoms with Crippen LogP contribution in [0.4, 0.5) is 22.7 Å². The summed E-state index contributed by atoms with van der Waals surface area (Å²) < 4.78 is 0. The summed E-state index contributed by atoms with van der Waals surface area (Å²) in [6.45, 7) is 9.35. The van der Waals surface area contributed by atoms with Gasteiger partial charge in [0.1, 0.15) is 0 Å². The Morgan fingerprint density at radius 1 is 0.833 bits per heavy atom. The van der Waals surface area contributed by atoms with E-state index in [0.29, 0.717) is 0 Å². The fourth-order valence-corrected chi connectivity index (χ4v) is 2.84. The Hall–Kier alpha value is -2.36. The highest BCUT2D eigenvalue weighted by molar-refractivity contribution is 5.59. The molecule has 0 saturated carbocycles. The molecule has 130 valence electrons. The third kappa shape index (κ3) is 4.13. The van der Waals surface area contributed by atoms with Gasteiger partial charge in [0.15, 0.2) is 0 Å². The molecule has 2 aromatic rings. The number of aryl methyl sites for hydroxylation is 2. The van der Waals surface area contributed by atoms with Gasteiger partial charge in [-0.25, -0.2) is 0 Å². The monoisotopic (exact) mass is 326 g/mol. The van der Waals surface area contributed by atoms with Gasteiger partial charge in [-0.15, -0.1) is 0 Å². The van der Waals surface area contributed by atoms with Crippen molar-refractivity contribution in [2.45, 2.75) is 46.1 Å². The van der Waals surface area contributed by atoms with Gasteiger partial charge in [0.05, 0.1) is 5.54 Å². The van der Waals surface area contributed by atoms with Crippen molar-refractivity contribution >= 4 is 22.7 Å². The number of nitrogens with one attached hydrogen (secondary N) is 2. The van der Waals surface area contributed by atoms with E-state index in [1.165, 1.54) is 0 Å². The number of nitrogen functional groups attached to an aromatic ring is 2. The van der Waals surface area contributed by atoms with Crippen LogP contribution in [0.2, 0.25) is 0 Å². The van der Waals surface area contributed by atoms with Crippen LogP contribution in [0.3, 0.4) is 0 Å². The minimum Gasteiger partial charge on any atom is -0.399 e. The van der Waals surface area contributed by atoms with E-state index in [0.717, 1.165) is 53.3 Å². The molecule has 0 radical (unpaired) electrons. The Kier molecular flexibility index (Phi) is 5.60. The highest BCUT2D eigenvalue weighted by atomic mass is 15.0. The van der Waals surface area contributed by atoms with Gasteiger partial charge in [-0.05, 0) is 74.2 Å². The van der Waals surface area contributed by atoms with Crippen molar-refractivity contribution in [3.05, 3.63) is 47.5 Å². The maximum Gasteiger partial charge on any atom is 0.0540 e. The third-order valence-corrected chi connectivity index (χ3v) is 4.93. The molecule has 2 rings (SSSR count). The Labute approximate surface area is 145 Å². The third-order valence-electron chi connectivity index (χ3n) is 4.93. The molecule has 4 heteroatoms. The molecule has 0 heterocycles. The van der Waals surface area contributed by atoms with Gasteiger partial charge in [-0.3, -0.25) is 0 Å². The number of hydrogen-bond acceptors (Lipinski definition) is 4. The molecule has 0 saturated heterocycles. The smallest absolute Gasteiger partial charge is 0.0540 e. The fourth-order valence-electron chi connectivity index (χ4n) is 2.84. The fraction of sp³-hybridized carbons (Fsp3) is 0.400. The Morgan fingerprint density at radius 3 is 1.83 bits per heavy atom. The molecule has 6 N–H and O–H groups in total. The van der Waals surface area contributed by atoms with Crippen LogP contribution < -0.4 is 22.1 Å². The lowest BCUT2D eigenvalue weighted by Gasteiger charge is -2.35. The van der Waals surface area contributed by atoms with Crippen LogP contribution in [0.5, 0.6) is 0 Å². The minimum atomic E-state index is -0.0160. The van der Waals surface area contributed by atoms with Crippen molar-refractivity contribution < 1.29 is 0 Å². The second-order valence-corrected chi connectivity index (χ2v) is 6.61. The first-order valence-electron chi connectivity index (χ1n) is 8.63. The number of nitrogens with two attached hydrogens (primary N) is 2. The van der Waals surface area contributed by atoms with Gasteiger partial charge < -0.3 is 22.1 Å². The van der Waals surface area contributed by atoms with Crippen LogP contribution >= 0.6 is 0 Å². The number of anilines is 4. The average molecular weight is 326 g/mol. The van der Waals surface area contributed by atoms with Gasteiger partial charge in [-0.1, -0.05) is 13.8 Å². The predicted molar refractivity (Wildman–Crippen MR) is 107 cm³/mol. The second-order valence-electron chi connectivity index (χ2n) is 6.61. The first-order chi connectivity index (χ1) is 11.4. The van der Waals surface area contributed by atoms with Gasteiger partial charge in [-0.2, -0.15) is 0 Å². The number of hydrogen-bond donors (Lipinski definition) is 4. The average Bonchev–Trinajstić information content (AvgIpc) is 2.58. The van der Waals surface area contributed by atoms with Gasteiger partial charge >= 0.3 is 0 Å². The molecule has 0 bridgehead atoms. The van der Waals surface area contributed by atoms with E-state index in [1.54, 1.807) is 0 Å². The van der Waals surface area contributed by atoms with Crippen LogP contribution in [0.15, 0.2) is 36.4 Å². The van der Waals surface area contributed by atoms with Crippen LogP contribution in [-0.2, 0) is 0 Å². The van der Waals surface area contributed by atoms with E-state index in [-0.39, 0.29) is 5.54 Å². The standard InChI is InChI=1S/C20H30N4/c1-5-20(6-2,24-17-8-10-19(22)15(4)12-17)13-23-16-7-9-18(21)14(3)11-16/h7-12,23-24H,5-6,13,21-22H2,1-4H3. The van der Waals surface area contributed by atoms with Crippen molar-refractivity contribution in [3.63, 3.8) is 0 Å². The molecule has 0 spiro atoms. The highest BCUT2D eigenvalue weighted by Gasteiger charge is 2.25. The molecule has 0 aliphatic carbocycles. The van der Waals surface area contributed by atoms with E-state index in [2.05, 4.69) is 42.7 Å². The van der Waals surface area contributed by atoms with E-state index < -0.39 is 0 Å². The predicted octanol–water partition coefficient (Wildman–Crippen LogP) is 4.55. The van der Waals surface area contributed by atoms with Crippen LogP contribution in [0, 0.1) is 13.8 Å². The summed E-state index contributed by atoms with van der Waals surface area (Å²) in [6, 6.07) is 12.2. The van der Waals surface area contributed by atoms with E-state index in [1.807, 2.05) is 32.0 Å². The summed E-state index contributed by atoms with van der Waals surface area (Å²) in [6.07, 6.45) is 2.04. The Morgan fingerprint density at radius 2 is 1.33 bits per heavy atom. The second kappa shape index (κ2) is 7.47. The summed E-state index contributed by atoms with van der Waals surface area (Å²) in [7, 11) is 0. The molecule has 4 nitrogen and oxygen atoms in total. The largest absolute Gasteiger partial charge is 0.399 e. The lowest BCUT2D eigenvalue weighted by atomic mass is 9.91. The first-order valence-corrected chi connectivity index (χ1v) is 8.63. The normalized spacial score (nSPS) is 11.3. The van der Waals surface area contributed by atoms with Crippen molar-refractivity contribution in [1.29, 1.82) is 0 Å². The number of rotatable bonds is 7. The topological polar surface area (TPSA) is 76.1 Å². The Balaban J connectivity index is 2.13. The molecule has 0 aromatic heterocycles. The highest BCUT2D eigenvalue weighted by Crippen LogP contribution is 2.26. The summed E-state index contributed by atoms with van der Waals surface area (Å²) >= 11 is 0. The SMILES string of the molecule is CCC(CC)(CNc1ccc(N)c(C)c1)Nc1ccc(N)c(C)c1. The van der Waals surface area contributed by atoms with Gasteiger partial charge in [0.25, 0.3) is 0 Å². The molecular formula is C20H30N4. The molecule has 0 aliphatic heterocycles. The molecule has 0 fully saturated rings. The van der Waals surface area contributed by atoms with Crippen molar-refractivity contribution in [3.8, 4) is 0 Å². The van der Waals surface area contributed by atoms with E-state index in [4.69, 9.17) is 11.5 Å². The molecule has 0 aliphatic rings. The number of benzene rings is 2. The zero-order chi connectivity index (χ0) is 17.7. The molecular weight excluding hydrogens is 296 g/mol. The minimum absolute atomic E-state index is 0.0160. The zero-order valence-electron chi connectivity index (χ0n) is 15.2. The summed E-state index contributed by atoms with van der Waals surface area (Å²) in [4.78, 5) is 0. The van der Waals surface area contributed by atoms with Gasteiger partial charge in [0.2, 0.25) is 0 Å². The zero-order valence-corrected chi connectivity index (χ0v) is 15.2. The molecule has 2 aromatic carbocycles. The first kappa shape index (κ1) is 18.0. The lowest BCUT2D eigenvalue weighted by molar-refractivity contribution is 0.457. The van der Waals surface area contributed by atoms with Crippen molar-refractivity contribution in [1.82, 2.24) is 0 Å². The molecule has 0 unspecified atom stereocenters. The maximum atomic E-state index is 5.93. The molecule has 24 heavy (non-hydrogen) atoms. The summed E-state index contributed by atoms with van der Waals surface area (Å²) in [5.41, 5.74) is 17.9. The van der Waals surface area contributed by atoms with E-state index >= 15 is 0 Å². The van der Waals surface area contributed by atoms with E-state index in [9.17, 15) is 0 Å². The lowest BCUT2D eigenvalue weighted by Crippen LogP contribution is -2.43. The molecule has 0 atom stereocenters. The van der Waals surface area contributed by atoms with Crippen LogP contribution in [0.25, 0.3) is 0 Å². The van der Waals surface area contributed by atoms with Crippen LogP contribution in [0.1, 0.15) is 37.8 Å². The van der Waals surface area contributed by atoms with Gasteiger partial charge in [0, 0.05) is 29.3 Å². The molecule has 0 amide bonds. The Bertz CT molecular complexity index is 690. The van der Waals surface area contributed by atoms with Crippen molar-refractivity contribution in [2.75, 3.05) is 28.6 Å². The van der Waals surface area contributed by atoms with Crippen molar-refractivity contribution in [2.24, 2.45) is 0 Å².